The van der Waals surface area contributed by atoms with Gasteiger partial charge >= 0.3 is 78.1 Å². The third-order valence-electron chi connectivity index (χ3n) is 2.22. The van der Waals surface area contributed by atoms with Crippen LogP contribution >= 0.6 is 0 Å². The first kappa shape index (κ1) is 7.89. The van der Waals surface area contributed by atoms with Gasteiger partial charge in [-0.15, -0.1) is 0 Å². The molecule has 2 amide bonds. The van der Waals surface area contributed by atoms with E-state index in [0.29, 0.717) is 0 Å². The van der Waals surface area contributed by atoms with E-state index in [1.165, 1.54) is 0 Å². The summed E-state index contributed by atoms with van der Waals surface area (Å²) in [5, 5.41) is 3.08. The van der Waals surface area contributed by atoms with Gasteiger partial charge in [-0.05, 0) is 0 Å². The third-order valence-corrected chi connectivity index (χ3v) is 2.69. The molecule has 1 fully saturated rings. The minimum atomic E-state index is -0.0706. The molecule has 65 valence electrons. The van der Waals surface area contributed by atoms with Gasteiger partial charge in [0.05, 0.1) is 0 Å². The first-order valence-electron chi connectivity index (χ1n) is 3.62. The van der Waals surface area contributed by atoms with E-state index in [1.807, 2.05) is 0 Å². The van der Waals surface area contributed by atoms with Crippen LogP contribution in [0.1, 0.15) is 0 Å². The standard InChI is InChI=1S/C6H9N4OSe/c1-9-3-4(8-5(12)7-3)10(2)6(9)11/h3-4H,1-2H3,(H,7,8)/t3-,4+. The van der Waals surface area contributed by atoms with Crippen molar-refractivity contribution in [2.75, 3.05) is 14.1 Å². The van der Waals surface area contributed by atoms with Gasteiger partial charge in [0.15, 0.2) is 0 Å². The van der Waals surface area contributed by atoms with Crippen LogP contribution in [-0.4, -0.2) is 63.0 Å². The molecule has 1 radical (unpaired) electrons. The number of aliphatic imine (C=N–C) groups is 1. The normalized spacial score (nSPS) is 33.5. The predicted octanol–water partition coefficient (Wildman–Crippen LogP) is -1.24. The van der Waals surface area contributed by atoms with E-state index < -0.39 is 0 Å². The van der Waals surface area contributed by atoms with E-state index in [4.69, 9.17) is 0 Å². The van der Waals surface area contributed by atoms with Crippen molar-refractivity contribution in [3.05, 3.63) is 0 Å². The molecule has 0 aromatic heterocycles. The molecule has 2 heterocycles. The Bertz CT molecular complexity index is 266. The molecule has 0 saturated carbocycles. The quantitative estimate of drug-likeness (QED) is 0.531. The van der Waals surface area contributed by atoms with Gasteiger partial charge < -0.3 is 0 Å². The van der Waals surface area contributed by atoms with Crippen LogP contribution in [0.5, 0.6) is 0 Å². The number of rotatable bonds is 0. The molecule has 0 aliphatic carbocycles. The van der Waals surface area contributed by atoms with Gasteiger partial charge in [0, 0.05) is 0 Å². The molecule has 0 unspecified atom stereocenters. The number of carbonyl (C=O) groups is 1. The number of amidine groups is 1. The number of fused-ring (bicyclic) bond motifs is 1. The van der Waals surface area contributed by atoms with E-state index in [1.54, 1.807) is 23.9 Å². The summed E-state index contributed by atoms with van der Waals surface area (Å²) in [7, 11) is 3.53. The van der Waals surface area contributed by atoms with Crippen LogP contribution < -0.4 is 5.32 Å². The van der Waals surface area contributed by atoms with E-state index in [9.17, 15) is 4.79 Å². The van der Waals surface area contributed by atoms with E-state index >= 15 is 0 Å². The zero-order chi connectivity index (χ0) is 8.88. The number of likely N-dealkylation sites (N-methyl/N-ethyl adjacent to an activating group) is 2. The molecule has 12 heavy (non-hydrogen) atoms. The van der Waals surface area contributed by atoms with Crippen molar-refractivity contribution in [2.45, 2.75) is 12.3 Å². The fraction of sp³-hybridized carbons (Fsp3) is 0.667. The zero-order valence-corrected chi connectivity index (χ0v) is 8.53. The first-order chi connectivity index (χ1) is 5.61. The molecule has 5 nitrogen and oxygen atoms in total. The molecule has 6 heteroatoms. The molecule has 2 atom stereocenters. The molecule has 0 aromatic carbocycles. The molecular formula is C6H9N4OSe. The number of hydrogen-bond donors (Lipinski definition) is 1. The third kappa shape index (κ3) is 0.850. The number of nitrogens with zero attached hydrogens (tertiary/aromatic N) is 3. The van der Waals surface area contributed by atoms with Crippen LogP contribution in [0.25, 0.3) is 0 Å². The molecule has 2 rings (SSSR count). The fourth-order valence-corrected chi connectivity index (χ4v) is 1.99. The molecule has 0 bridgehead atoms. The Kier molecular flexibility index (Phi) is 1.56. The van der Waals surface area contributed by atoms with E-state index in [2.05, 4.69) is 26.3 Å². The summed E-state index contributed by atoms with van der Waals surface area (Å²) < 4.78 is 0.774. The maximum absolute atomic E-state index is 11.4. The zero-order valence-electron chi connectivity index (χ0n) is 6.81. The van der Waals surface area contributed by atoms with Crippen molar-refractivity contribution >= 4 is 26.8 Å². The number of hydrogen-bond acceptors (Lipinski definition) is 3. The minimum absolute atomic E-state index is 0.00116. The van der Waals surface area contributed by atoms with Crippen molar-refractivity contribution in [1.82, 2.24) is 15.1 Å². The van der Waals surface area contributed by atoms with Crippen LogP contribution in [-0.2, 0) is 0 Å². The average molecular weight is 232 g/mol. The Morgan fingerprint density at radius 3 is 2.75 bits per heavy atom. The van der Waals surface area contributed by atoms with Gasteiger partial charge in [0.1, 0.15) is 0 Å². The summed E-state index contributed by atoms with van der Waals surface area (Å²) in [5.41, 5.74) is 0. The molecule has 2 aliphatic rings. The summed E-state index contributed by atoms with van der Waals surface area (Å²) in [6, 6.07) is 0.00810. The molecule has 0 aromatic rings. The van der Waals surface area contributed by atoms with Crippen LogP contribution in [0.4, 0.5) is 4.79 Å². The van der Waals surface area contributed by atoms with Crippen LogP contribution in [0.15, 0.2) is 4.99 Å². The second-order valence-corrected chi connectivity index (χ2v) is 3.75. The van der Waals surface area contributed by atoms with Gasteiger partial charge in [-0.25, -0.2) is 0 Å². The number of nitrogens with one attached hydrogen (secondary N) is 1. The van der Waals surface area contributed by atoms with Crippen molar-refractivity contribution in [1.29, 1.82) is 0 Å². The van der Waals surface area contributed by atoms with Crippen molar-refractivity contribution in [3.63, 3.8) is 0 Å². The Labute approximate surface area is 78.6 Å². The van der Waals surface area contributed by atoms with Gasteiger partial charge in [-0.2, -0.15) is 0 Å². The molecule has 2 aliphatic heterocycles. The van der Waals surface area contributed by atoms with Gasteiger partial charge in [0.25, 0.3) is 0 Å². The van der Waals surface area contributed by atoms with Crippen molar-refractivity contribution in [2.24, 2.45) is 4.99 Å². The Balaban J connectivity index is 2.29. The summed E-state index contributed by atoms with van der Waals surface area (Å²) in [6.45, 7) is 0. The number of amides is 2. The molecular weight excluding hydrogens is 223 g/mol. The van der Waals surface area contributed by atoms with Gasteiger partial charge in [-0.1, -0.05) is 0 Å². The predicted molar refractivity (Wildman–Crippen MR) is 44.8 cm³/mol. The Morgan fingerprint density at radius 2 is 2.17 bits per heavy atom. The monoisotopic (exact) mass is 233 g/mol. The fourth-order valence-electron chi connectivity index (χ4n) is 1.51. The molecule has 1 N–H and O–H groups in total. The van der Waals surface area contributed by atoms with E-state index in [0.717, 1.165) is 4.73 Å². The van der Waals surface area contributed by atoms with Gasteiger partial charge in [-0.3, -0.25) is 0 Å². The first-order valence-corrected chi connectivity index (χ1v) is 4.48. The summed E-state index contributed by atoms with van der Waals surface area (Å²) in [6.07, 6.45) is -0.0718. The van der Waals surface area contributed by atoms with Gasteiger partial charge in [0.2, 0.25) is 0 Å². The Morgan fingerprint density at radius 1 is 1.50 bits per heavy atom. The van der Waals surface area contributed by atoms with Crippen LogP contribution in [0.3, 0.4) is 0 Å². The summed E-state index contributed by atoms with van der Waals surface area (Å²) in [4.78, 5) is 18.9. The van der Waals surface area contributed by atoms with Crippen LogP contribution in [0.2, 0.25) is 0 Å². The molecule has 1 saturated heterocycles. The number of carbonyl (C=O) groups excluding carboxylic acids is 1. The summed E-state index contributed by atoms with van der Waals surface area (Å²) >= 11 is 2.80. The summed E-state index contributed by atoms with van der Waals surface area (Å²) in [5.74, 6) is 0. The second kappa shape index (κ2) is 2.37. The second-order valence-electron chi connectivity index (χ2n) is 2.94. The topological polar surface area (TPSA) is 47.9 Å². The molecule has 0 spiro atoms. The van der Waals surface area contributed by atoms with Crippen LogP contribution in [0, 0.1) is 0 Å². The average Bonchev–Trinajstić information content (AvgIpc) is 2.49. The van der Waals surface area contributed by atoms with Crippen molar-refractivity contribution < 1.29 is 4.79 Å². The Hall–Kier alpha value is -0.741. The maximum atomic E-state index is 11.4. The SMILES string of the molecule is CN1C(=O)N(C)[C@H]2NC([Se])=N[C@H]21. The number of urea groups is 1. The van der Waals surface area contributed by atoms with E-state index in [-0.39, 0.29) is 18.4 Å². The van der Waals surface area contributed by atoms with Crippen molar-refractivity contribution in [3.8, 4) is 0 Å².